The first-order chi connectivity index (χ1) is 7.25. The average Bonchev–Trinajstić information content (AvgIpc) is 2.94. The van der Waals surface area contributed by atoms with E-state index in [1.807, 2.05) is 0 Å². The number of nitrogens with one attached hydrogen (secondary N) is 1. The topological polar surface area (TPSA) is 12.0 Å². The second-order valence-electron chi connectivity index (χ2n) is 4.45. The first kappa shape index (κ1) is 11.4. The van der Waals surface area contributed by atoms with Gasteiger partial charge in [0.25, 0.3) is 0 Å². The van der Waals surface area contributed by atoms with Gasteiger partial charge in [0.1, 0.15) is 0 Å². The Labute approximate surface area is 101 Å². The lowest BCUT2D eigenvalue weighted by atomic mass is 10.1. The Balaban J connectivity index is 1.64. The summed E-state index contributed by atoms with van der Waals surface area (Å²) in [5.74, 6) is 1.05. The molecule has 1 nitrogen and oxygen atoms in total. The highest BCUT2D eigenvalue weighted by atomic mass is 35.5. The maximum Gasteiger partial charge on any atom is 0.0931 e. The van der Waals surface area contributed by atoms with Gasteiger partial charge in [0.2, 0.25) is 0 Å². The number of rotatable bonds is 6. The fourth-order valence-electron chi connectivity index (χ4n) is 1.78. The molecule has 1 N–H and O–H groups in total. The summed E-state index contributed by atoms with van der Waals surface area (Å²) >= 11 is 7.52. The molecule has 0 aromatic carbocycles. The van der Waals surface area contributed by atoms with E-state index in [2.05, 4.69) is 23.7 Å². The second kappa shape index (κ2) is 5.33. The Hall–Kier alpha value is -0.0500. The van der Waals surface area contributed by atoms with Crippen molar-refractivity contribution in [3.05, 3.63) is 21.3 Å². The molecule has 0 spiro atoms. The van der Waals surface area contributed by atoms with Gasteiger partial charge in [0.05, 0.1) is 4.34 Å². The highest BCUT2D eigenvalue weighted by molar-refractivity contribution is 7.14. The predicted octanol–water partition coefficient (Wildman–Crippen LogP) is 4.24. The van der Waals surface area contributed by atoms with E-state index < -0.39 is 0 Å². The third kappa shape index (κ3) is 3.78. The average molecular weight is 244 g/mol. The SMILES string of the molecule is CC(NCCCC1CC1)c1csc(Cl)c1. The van der Waals surface area contributed by atoms with E-state index in [9.17, 15) is 0 Å². The van der Waals surface area contributed by atoms with Gasteiger partial charge in [0, 0.05) is 6.04 Å². The van der Waals surface area contributed by atoms with E-state index >= 15 is 0 Å². The van der Waals surface area contributed by atoms with Gasteiger partial charge in [-0.15, -0.1) is 11.3 Å². The van der Waals surface area contributed by atoms with Gasteiger partial charge in [-0.3, -0.25) is 0 Å². The van der Waals surface area contributed by atoms with Crippen molar-refractivity contribution in [1.82, 2.24) is 5.32 Å². The van der Waals surface area contributed by atoms with Crippen molar-refractivity contribution in [3.63, 3.8) is 0 Å². The van der Waals surface area contributed by atoms with Crippen molar-refractivity contribution in [2.75, 3.05) is 6.54 Å². The second-order valence-corrected chi connectivity index (χ2v) is 5.99. The maximum absolute atomic E-state index is 5.91. The summed E-state index contributed by atoms with van der Waals surface area (Å²) in [5, 5.41) is 5.68. The zero-order valence-corrected chi connectivity index (χ0v) is 10.7. The van der Waals surface area contributed by atoms with Crippen molar-refractivity contribution in [1.29, 1.82) is 0 Å². The van der Waals surface area contributed by atoms with Gasteiger partial charge in [0.15, 0.2) is 0 Å². The van der Waals surface area contributed by atoms with Crippen LogP contribution in [0.3, 0.4) is 0 Å². The summed E-state index contributed by atoms with van der Waals surface area (Å²) < 4.78 is 0.886. The van der Waals surface area contributed by atoms with Crippen LogP contribution in [0, 0.1) is 5.92 Å². The van der Waals surface area contributed by atoms with Gasteiger partial charge in [-0.1, -0.05) is 24.4 Å². The molecular formula is C12H18ClNS. The molecule has 2 rings (SSSR count). The molecule has 0 aliphatic heterocycles. The molecule has 1 aliphatic rings. The van der Waals surface area contributed by atoms with E-state index in [-0.39, 0.29) is 0 Å². The lowest BCUT2D eigenvalue weighted by Gasteiger charge is -2.11. The molecule has 1 aromatic rings. The van der Waals surface area contributed by atoms with Gasteiger partial charge in [-0.2, -0.15) is 0 Å². The summed E-state index contributed by atoms with van der Waals surface area (Å²) in [6.07, 6.45) is 5.66. The molecule has 1 atom stereocenters. The predicted molar refractivity (Wildman–Crippen MR) is 67.7 cm³/mol. The number of halogens is 1. The monoisotopic (exact) mass is 243 g/mol. The lowest BCUT2D eigenvalue weighted by molar-refractivity contribution is 0.534. The van der Waals surface area contributed by atoms with E-state index in [4.69, 9.17) is 11.6 Å². The molecule has 0 bridgehead atoms. The molecule has 0 amide bonds. The quantitative estimate of drug-likeness (QED) is 0.737. The molecule has 1 heterocycles. The van der Waals surface area contributed by atoms with Crippen molar-refractivity contribution in [3.8, 4) is 0 Å². The summed E-state index contributed by atoms with van der Waals surface area (Å²) in [6, 6.07) is 2.50. The minimum Gasteiger partial charge on any atom is -0.310 e. The Morgan fingerprint density at radius 3 is 3.00 bits per heavy atom. The zero-order chi connectivity index (χ0) is 10.7. The van der Waals surface area contributed by atoms with Crippen molar-refractivity contribution in [2.45, 2.75) is 38.6 Å². The van der Waals surface area contributed by atoms with Crippen LogP contribution in [0.25, 0.3) is 0 Å². The Morgan fingerprint density at radius 1 is 1.60 bits per heavy atom. The highest BCUT2D eigenvalue weighted by Gasteiger charge is 2.20. The van der Waals surface area contributed by atoms with Crippen LogP contribution in [0.2, 0.25) is 4.34 Å². The van der Waals surface area contributed by atoms with Crippen LogP contribution in [0.15, 0.2) is 11.4 Å². The van der Waals surface area contributed by atoms with Gasteiger partial charge in [-0.25, -0.2) is 0 Å². The maximum atomic E-state index is 5.91. The molecule has 1 aromatic heterocycles. The molecule has 1 saturated carbocycles. The molecule has 3 heteroatoms. The summed E-state index contributed by atoms with van der Waals surface area (Å²) in [4.78, 5) is 0. The fourth-order valence-corrected chi connectivity index (χ4v) is 2.77. The van der Waals surface area contributed by atoms with Crippen LogP contribution >= 0.6 is 22.9 Å². The van der Waals surface area contributed by atoms with Gasteiger partial charge < -0.3 is 5.32 Å². The number of thiophene rings is 1. The lowest BCUT2D eigenvalue weighted by Crippen LogP contribution is -2.19. The Bertz CT molecular complexity index is 306. The highest BCUT2D eigenvalue weighted by Crippen LogP contribution is 2.33. The molecular weight excluding hydrogens is 226 g/mol. The van der Waals surface area contributed by atoms with E-state index in [1.54, 1.807) is 11.3 Å². The molecule has 1 fully saturated rings. The molecule has 1 aliphatic carbocycles. The Morgan fingerprint density at radius 2 is 2.40 bits per heavy atom. The third-order valence-electron chi connectivity index (χ3n) is 3.02. The largest absolute Gasteiger partial charge is 0.310 e. The van der Waals surface area contributed by atoms with E-state index in [1.165, 1.54) is 31.2 Å². The zero-order valence-electron chi connectivity index (χ0n) is 9.13. The minimum atomic E-state index is 0.438. The Kier molecular flexibility index (Phi) is 4.06. The van der Waals surface area contributed by atoms with Gasteiger partial charge >= 0.3 is 0 Å². The van der Waals surface area contributed by atoms with Gasteiger partial charge in [-0.05, 0) is 49.2 Å². The first-order valence-electron chi connectivity index (χ1n) is 5.73. The summed E-state index contributed by atoms with van der Waals surface area (Å²) in [5.41, 5.74) is 1.32. The molecule has 1 unspecified atom stereocenters. The van der Waals surface area contributed by atoms with Crippen LogP contribution in [0.5, 0.6) is 0 Å². The summed E-state index contributed by atoms with van der Waals surface area (Å²) in [6.45, 7) is 3.33. The van der Waals surface area contributed by atoms with Crippen molar-refractivity contribution < 1.29 is 0 Å². The first-order valence-corrected chi connectivity index (χ1v) is 6.99. The molecule has 84 valence electrons. The number of hydrogen-bond donors (Lipinski definition) is 1. The van der Waals surface area contributed by atoms with Crippen LogP contribution in [-0.2, 0) is 0 Å². The van der Waals surface area contributed by atoms with Crippen LogP contribution < -0.4 is 5.32 Å². The third-order valence-corrected chi connectivity index (χ3v) is 4.13. The normalized spacial score (nSPS) is 18.0. The number of hydrogen-bond acceptors (Lipinski definition) is 2. The fraction of sp³-hybridized carbons (Fsp3) is 0.667. The van der Waals surface area contributed by atoms with E-state index in [0.29, 0.717) is 6.04 Å². The standard InChI is InChI=1S/C12H18ClNS/c1-9(11-7-12(13)15-8-11)14-6-2-3-10-4-5-10/h7-10,14H,2-6H2,1H3. The van der Waals surface area contributed by atoms with Crippen LogP contribution in [0.1, 0.15) is 44.2 Å². The van der Waals surface area contributed by atoms with Crippen LogP contribution in [-0.4, -0.2) is 6.54 Å². The summed E-state index contributed by atoms with van der Waals surface area (Å²) in [7, 11) is 0. The van der Waals surface area contributed by atoms with Crippen molar-refractivity contribution in [2.24, 2.45) is 5.92 Å². The van der Waals surface area contributed by atoms with Crippen LogP contribution in [0.4, 0.5) is 0 Å². The molecule has 0 saturated heterocycles. The smallest absolute Gasteiger partial charge is 0.0931 e. The van der Waals surface area contributed by atoms with Crippen molar-refractivity contribution >= 4 is 22.9 Å². The van der Waals surface area contributed by atoms with E-state index in [0.717, 1.165) is 16.8 Å². The molecule has 15 heavy (non-hydrogen) atoms. The molecule has 0 radical (unpaired) electrons. The minimum absolute atomic E-state index is 0.438.